The quantitative estimate of drug-likeness (QED) is 0.682. The SMILES string of the molecule is O=C1c2ccccc2C(=O)N1c1cc(C#CCCO)ccc1Cl. The highest BCUT2D eigenvalue weighted by molar-refractivity contribution is 6.39. The normalized spacial score (nSPS) is 12.9. The minimum Gasteiger partial charge on any atom is -0.395 e. The summed E-state index contributed by atoms with van der Waals surface area (Å²) < 4.78 is 0. The summed E-state index contributed by atoms with van der Waals surface area (Å²) in [6.45, 7) is -0.0220. The zero-order valence-corrected chi connectivity index (χ0v) is 12.8. The fourth-order valence-corrected chi connectivity index (χ4v) is 2.59. The van der Waals surface area contributed by atoms with E-state index in [2.05, 4.69) is 11.8 Å². The number of amides is 2. The molecule has 0 atom stereocenters. The Morgan fingerprint density at radius 2 is 1.70 bits per heavy atom. The number of hydrogen-bond donors (Lipinski definition) is 1. The molecule has 0 saturated carbocycles. The second-order valence-electron chi connectivity index (χ2n) is 4.93. The molecule has 0 spiro atoms. The number of aliphatic hydroxyl groups excluding tert-OH is 1. The third-order valence-electron chi connectivity index (χ3n) is 3.45. The maximum atomic E-state index is 12.5. The molecule has 0 bridgehead atoms. The molecule has 0 aliphatic carbocycles. The summed E-state index contributed by atoms with van der Waals surface area (Å²) in [6.07, 6.45) is 0.352. The molecule has 0 aromatic heterocycles. The summed E-state index contributed by atoms with van der Waals surface area (Å²) in [6, 6.07) is 11.6. The largest absolute Gasteiger partial charge is 0.395 e. The number of halogens is 1. The van der Waals surface area contributed by atoms with E-state index in [0.29, 0.717) is 33.8 Å². The summed E-state index contributed by atoms with van der Waals surface area (Å²) in [7, 11) is 0. The van der Waals surface area contributed by atoms with Crippen LogP contribution in [0.4, 0.5) is 5.69 Å². The lowest BCUT2D eigenvalue weighted by Gasteiger charge is -2.15. The molecule has 2 aromatic rings. The van der Waals surface area contributed by atoms with Gasteiger partial charge in [0, 0.05) is 12.0 Å². The number of imide groups is 1. The molecule has 0 unspecified atom stereocenters. The van der Waals surface area contributed by atoms with Crippen molar-refractivity contribution in [1.29, 1.82) is 0 Å². The number of rotatable bonds is 2. The molecule has 4 nitrogen and oxygen atoms in total. The molecule has 5 heteroatoms. The van der Waals surface area contributed by atoms with Crippen LogP contribution in [0.1, 0.15) is 32.7 Å². The van der Waals surface area contributed by atoms with Crippen LogP contribution in [-0.4, -0.2) is 23.5 Å². The van der Waals surface area contributed by atoms with Gasteiger partial charge in [-0.2, -0.15) is 0 Å². The van der Waals surface area contributed by atoms with Gasteiger partial charge >= 0.3 is 0 Å². The highest BCUT2D eigenvalue weighted by Gasteiger charge is 2.37. The van der Waals surface area contributed by atoms with Gasteiger partial charge in [0.2, 0.25) is 0 Å². The zero-order valence-electron chi connectivity index (χ0n) is 12.0. The van der Waals surface area contributed by atoms with Crippen LogP contribution in [0, 0.1) is 11.8 Å². The Balaban J connectivity index is 2.03. The molecular weight excluding hydrogens is 314 g/mol. The van der Waals surface area contributed by atoms with Crippen LogP contribution in [0.15, 0.2) is 42.5 Å². The van der Waals surface area contributed by atoms with E-state index in [0.717, 1.165) is 4.90 Å². The van der Waals surface area contributed by atoms with E-state index in [9.17, 15) is 9.59 Å². The molecule has 1 aliphatic heterocycles. The smallest absolute Gasteiger partial charge is 0.266 e. The summed E-state index contributed by atoms with van der Waals surface area (Å²) in [4.78, 5) is 26.1. The van der Waals surface area contributed by atoms with E-state index in [1.165, 1.54) is 0 Å². The van der Waals surface area contributed by atoms with Crippen molar-refractivity contribution in [2.45, 2.75) is 6.42 Å². The molecule has 1 aliphatic rings. The van der Waals surface area contributed by atoms with E-state index in [1.807, 2.05) is 0 Å². The fourth-order valence-electron chi connectivity index (χ4n) is 2.39. The van der Waals surface area contributed by atoms with Gasteiger partial charge in [0.1, 0.15) is 0 Å². The monoisotopic (exact) mass is 325 g/mol. The molecule has 2 aromatic carbocycles. The summed E-state index contributed by atoms with van der Waals surface area (Å²) in [5.41, 5.74) is 1.67. The van der Waals surface area contributed by atoms with Gasteiger partial charge in [0.05, 0.1) is 28.4 Å². The number of fused-ring (bicyclic) bond motifs is 1. The van der Waals surface area contributed by atoms with Crippen molar-refractivity contribution in [2.24, 2.45) is 0 Å². The molecule has 3 rings (SSSR count). The Hall–Kier alpha value is -2.61. The molecule has 0 radical (unpaired) electrons. The highest BCUT2D eigenvalue weighted by Crippen LogP contribution is 2.33. The van der Waals surface area contributed by atoms with Crippen molar-refractivity contribution >= 4 is 29.1 Å². The molecular formula is C18H12ClNO3. The summed E-state index contributed by atoms with van der Waals surface area (Å²) in [5.74, 6) is 4.88. The topological polar surface area (TPSA) is 57.6 Å². The van der Waals surface area contributed by atoms with E-state index in [1.54, 1.807) is 42.5 Å². The van der Waals surface area contributed by atoms with Crippen molar-refractivity contribution in [3.63, 3.8) is 0 Å². The molecule has 0 saturated heterocycles. The van der Waals surface area contributed by atoms with Gasteiger partial charge in [-0.3, -0.25) is 9.59 Å². The van der Waals surface area contributed by atoms with Gasteiger partial charge in [0.25, 0.3) is 11.8 Å². The fraction of sp³-hybridized carbons (Fsp3) is 0.111. The lowest BCUT2D eigenvalue weighted by Crippen LogP contribution is -2.29. The van der Waals surface area contributed by atoms with Crippen molar-refractivity contribution < 1.29 is 14.7 Å². The maximum Gasteiger partial charge on any atom is 0.266 e. The van der Waals surface area contributed by atoms with Crippen molar-refractivity contribution in [3.05, 3.63) is 64.2 Å². The van der Waals surface area contributed by atoms with Gasteiger partial charge in [-0.1, -0.05) is 35.6 Å². The first-order valence-electron chi connectivity index (χ1n) is 7.00. The lowest BCUT2D eigenvalue weighted by atomic mass is 10.1. The number of carbonyl (C=O) groups is 2. The van der Waals surface area contributed by atoms with Gasteiger partial charge in [-0.05, 0) is 30.3 Å². The summed E-state index contributed by atoms with van der Waals surface area (Å²) in [5, 5.41) is 9.06. The first kappa shape index (κ1) is 15.3. The van der Waals surface area contributed by atoms with Crippen LogP contribution in [-0.2, 0) is 0 Å². The number of hydrogen-bond acceptors (Lipinski definition) is 3. The third kappa shape index (κ3) is 2.72. The van der Waals surface area contributed by atoms with Crippen molar-refractivity contribution in [3.8, 4) is 11.8 Å². The maximum absolute atomic E-state index is 12.5. The molecule has 2 amide bonds. The van der Waals surface area contributed by atoms with Crippen LogP contribution in [0.25, 0.3) is 0 Å². The second kappa shape index (κ2) is 6.25. The van der Waals surface area contributed by atoms with Crippen molar-refractivity contribution in [1.82, 2.24) is 0 Å². The third-order valence-corrected chi connectivity index (χ3v) is 3.77. The Morgan fingerprint density at radius 1 is 1.04 bits per heavy atom. The van der Waals surface area contributed by atoms with Gasteiger partial charge in [-0.25, -0.2) is 4.90 Å². The van der Waals surface area contributed by atoms with Crippen LogP contribution in [0.2, 0.25) is 5.02 Å². The minimum absolute atomic E-state index is 0.0220. The number of nitrogens with zero attached hydrogens (tertiary/aromatic N) is 1. The lowest BCUT2D eigenvalue weighted by molar-refractivity contribution is 0.0926. The molecule has 1 N–H and O–H groups in total. The second-order valence-corrected chi connectivity index (χ2v) is 5.34. The standard InChI is InChI=1S/C18H12ClNO3/c19-15-9-8-12(5-3-4-10-21)11-16(15)20-17(22)13-6-1-2-7-14(13)18(20)23/h1-2,6-9,11,21H,4,10H2. The molecule has 1 heterocycles. The number of benzene rings is 2. The first-order valence-corrected chi connectivity index (χ1v) is 7.38. The average Bonchev–Trinajstić information content (AvgIpc) is 2.81. The Labute approximate surface area is 138 Å². The van der Waals surface area contributed by atoms with Gasteiger partial charge < -0.3 is 5.11 Å². The Kier molecular flexibility index (Phi) is 4.16. The molecule has 23 heavy (non-hydrogen) atoms. The van der Waals surface area contributed by atoms with Crippen LogP contribution >= 0.6 is 11.6 Å². The zero-order chi connectivity index (χ0) is 16.4. The first-order chi connectivity index (χ1) is 11.1. The average molecular weight is 326 g/mol. The van der Waals surface area contributed by atoms with Crippen LogP contribution in [0.3, 0.4) is 0 Å². The number of aliphatic hydroxyl groups is 1. The van der Waals surface area contributed by atoms with Crippen LogP contribution in [0.5, 0.6) is 0 Å². The number of carbonyl (C=O) groups excluding carboxylic acids is 2. The predicted molar refractivity (Wildman–Crippen MR) is 87.6 cm³/mol. The van der Waals surface area contributed by atoms with Gasteiger partial charge in [-0.15, -0.1) is 0 Å². The minimum atomic E-state index is -0.395. The van der Waals surface area contributed by atoms with E-state index < -0.39 is 11.8 Å². The highest BCUT2D eigenvalue weighted by atomic mass is 35.5. The van der Waals surface area contributed by atoms with E-state index in [-0.39, 0.29) is 6.61 Å². The molecule has 0 fully saturated rings. The Morgan fingerprint density at radius 3 is 2.30 bits per heavy atom. The van der Waals surface area contributed by atoms with E-state index in [4.69, 9.17) is 16.7 Å². The summed E-state index contributed by atoms with van der Waals surface area (Å²) >= 11 is 6.18. The molecule has 114 valence electrons. The van der Waals surface area contributed by atoms with E-state index >= 15 is 0 Å². The number of anilines is 1. The van der Waals surface area contributed by atoms with Crippen molar-refractivity contribution in [2.75, 3.05) is 11.5 Å². The van der Waals surface area contributed by atoms with Gasteiger partial charge in [0.15, 0.2) is 0 Å². The Bertz CT molecular complexity index is 829. The van der Waals surface area contributed by atoms with Crippen LogP contribution < -0.4 is 4.90 Å². The predicted octanol–water partition coefficient (Wildman–Crippen LogP) is 2.87.